The highest BCUT2D eigenvalue weighted by atomic mass is 32.2. The molecule has 0 aromatic heterocycles. The Balaban J connectivity index is 1.65. The predicted octanol–water partition coefficient (Wildman–Crippen LogP) is 3.45. The van der Waals surface area contributed by atoms with E-state index in [1.54, 1.807) is 0 Å². The number of hydrogen-bond acceptors (Lipinski definition) is 3. The lowest BCUT2D eigenvalue weighted by Gasteiger charge is -2.28. The number of carbonyl (C=O) groups is 1. The van der Waals surface area contributed by atoms with E-state index in [1.165, 1.54) is 24.1 Å². The zero-order valence-corrected chi connectivity index (χ0v) is 13.5. The molecule has 0 bridgehead atoms. The Labute approximate surface area is 131 Å². The average Bonchev–Trinajstić information content (AvgIpc) is 2.54. The fraction of sp³-hybridized carbons (Fsp3) is 0.588. The lowest BCUT2D eigenvalue weighted by Crippen LogP contribution is -2.39. The summed E-state index contributed by atoms with van der Waals surface area (Å²) in [6, 6.07) is 6.40. The van der Waals surface area contributed by atoms with Crippen LogP contribution in [0.4, 0.5) is 5.69 Å². The molecule has 1 heterocycles. The number of benzene rings is 1. The van der Waals surface area contributed by atoms with Crippen molar-refractivity contribution in [1.82, 2.24) is 5.32 Å². The van der Waals surface area contributed by atoms with Gasteiger partial charge in [0, 0.05) is 29.1 Å². The van der Waals surface area contributed by atoms with Crippen LogP contribution in [0.15, 0.2) is 18.2 Å². The molecular formula is C17H24N2OS. The largest absolute Gasteiger partial charge is 0.385 e. The third-order valence-corrected chi connectivity index (χ3v) is 5.70. The second-order valence-corrected chi connectivity index (χ2v) is 7.24. The molecule has 2 unspecified atom stereocenters. The summed E-state index contributed by atoms with van der Waals surface area (Å²) < 4.78 is 0. The van der Waals surface area contributed by atoms with Crippen molar-refractivity contribution in [3.63, 3.8) is 0 Å². The van der Waals surface area contributed by atoms with Crippen LogP contribution < -0.4 is 10.6 Å². The number of thioether (sulfide) groups is 1. The van der Waals surface area contributed by atoms with Gasteiger partial charge in [0.2, 0.25) is 0 Å². The SMILES string of the molecule is CSC1CCCC(NC(=O)c2ccc3c(c2)CCCN3)C1. The summed E-state index contributed by atoms with van der Waals surface area (Å²) in [4.78, 5) is 12.5. The van der Waals surface area contributed by atoms with Crippen molar-refractivity contribution in [3.05, 3.63) is 29.3 Å². The van der Waals surface area contributed by atoms with Crippen LogP contribution in [0.1, 0.15) is 48.0 Å². The number of hydrogen-bond donors (Lipinski definition) is 2. The van der Waals surface area contributed by atoms with Crippen LogP contribution in [0.2, 0.25) is 0 Å². The molecule has 3 rings (SSSR count). The minimum Gasteiger partial charge on any atom is -0.385 e. The van der Waals surface area contributed by atoms with Crippen molar-refractivity contribution in [2.45, 2.75) is 49.8 Å². The summed E-state index contributed by atoms with van der Waals surface area (Å²) in [5, 5.41) is 7.33. The van der Waals surface area contributed by atoms with Gasteiger partial charge in [-0.05, 0) is 62.1 Å². The minimum atomic E-state index is 0.0927. The van der Waals surface area contributed by atoms with E-state index in [1.807, 2.05) is 17.8 Å². The second-order valence-electron chi connectivity index (χ2n) is 6.10. The van der Waals surface area contributed by atoms with Gasteiger partial charge < -0.3 is 10.6 Å². The molecule has 2 N–H and O–H groups in total. The maximum Gasteiger partial charge on any atom is 0.251 e. The third-order valence-electron chi connectivity index (χ3n) is 4.60. The minimum absolute atomic E-state index is 0.0927. The normalized spacial score (nSPS) is 24.8. The molecule has 114 valence electrons. The maximum atomic E-state index is 12.5. The quantitative estimate of drug-likeness (QED) is 0.898. The number of fused-ring (bicyclic) bond motifs is 1. The van der Waals surface area contributed by atoms with Gasteiger partial charge in [0.25, 0.3) is 5.91 Å². The van der Waals surface area contributed by atoms with Crippen LogP contribution in [0, 0.1) is 0 Å². The number of rotatable bonds is 3. The van der Waals surface area contributed by atoms with Gasteiger partial charge in [-0.1, -0.05) is 6.42 Å². The molecule has 2 aliphatic rings. The molecule has 1 saturated carbocycles. The Bertz CT molecular complexity index is 518. The fourth-order valence-electron chi connectivity index (χ4n) is 3.38. The van der Waals surface area contributed by atoms with Gasteiger partial charge >= 0.3 is 0 Å². The maximum absolute atomic E-state index is 12.5. The zero-order chi connectivity index (χ0) is 14.7. The highest BCUT2D eigenvalue weighted by Gasteiger charge is 2.23. The number of anilines is 1. The lowest BCUT2D eigenvalue weighted by atomic mass is 9.94. The van der Waals surface area contributed by atoms with Crippen LogP contribution in [0.3, 0.4) is 0 Å². The summed E-state index contributed by atoms with van der Waals surface area (Å²) in [6.07, 6.45) is 9.14. The molecule has 0 radical (unpaired) electrons. The summed E-state index contributed by atoms with van der Waals surface area (Å²) in [5.41, 5.74) is 3.28. The van der Waals surface area contributed by atoms with Crippen molar-refractivity contribution in [2.24, 2.45) is 0 Å². The van der Waals surface area contributed by atoms with Crippen LogP contribution in [0.5, 0.6) is 0 Å². The standard InChI is InChI=1S/C17H24N2OS/c1-21-15-6-2-5-14(11-15)19-17(20)13-7-8-16-12(10-13)4-3-9-18-16/h7-8,10,14-15,18H,2-6,9,11H2,1H3,(H,19,20). The van der Waals surface area contributed by atoms with Crippen molar-refractivity contribution in [3.8, 4) is 0 Å². The third kappa shape index (κ3) is 3.54. The van der Waals surface area contributed by atoms with Crippen molar-refractivity contribution < 1.29 is 4.79 Å². The fourth-order valence-corrected chi connectivity index (χ4v) is 4.20. The van der Waals surface area contributed by atoms with E-state index < -0.39 is 0 Å². The molecule has 1 aliphatic carbocycles. The van der Waals surface area contributed by atoms with Gasteiger partial charge in [0.05, 0.1) is 0 Å². The highest BCUT2D eigenvalue weighted by molar-refractivity contribution is 7.99. The molecule has 1 amide bonds. The van der Waals surface area contributed by atoms with Gasteiger partial charge in [-0.2, -0.15) is 11.8 Å². The smallest absolute Gasteiger partial charge is 0.251 e. The molecule has 3 nitrogen and oxygen atoms in total. The Morgan fingerprint density at radius 1 is 1.33 bits per heavy atom. The lowest BCUT2D eigenvalue weighted by molar-refractivity contribution is 0.0928. The number of nitrogens with one attached hydrogen (secondary N) is 2. The first kappa shape index (κ1) is 14.8. The molecular weight excluding hydrogens is 280 g/mol. The molecule has 1 fully saturated rings. The summed E-state index contributed by atoms with van der Waals surface area (Å²) in [6.45, 7) is 1.04. The van der Waals surface area contributed by atoms with Crippen LogP contribution >= 0.6 is 11.8 Å². The molecule has 0 spiro atoms. The van der Waals surface area contributed by atoms with E-state index in [0.29, 0.717) is 11.3 Å². The molecule has 0 saturated heterocycles. The molecule has 21 heavy (non-hydrogen) atoms. The van der Waals surface area contributed by atoms with Crippen LogP contribution in [0.25, 0.3) is 0 Å². The zero-order valence-electron chi connectivity index (χ0n) is 12.7. The summed E-state index contributed by atoms with van der Waals surface area (Å²) in [5.74, 6) is 0.0927. The summed E-state index contributed by atoms with van der Waals surface area (Å²) in [7, 11) is 0. The van der Waals surface area contributed by atoms with Gasteiger partial charge in [0.15, 0.2) is 0 Å². The molecule has 1 aromatic carbocycles. The van der Waals surface area contributed by atoms with E-state index in [0.717, 1.165) is 37.8 Å². The molecule has 2 atom stereocenters. The average molecular weight is 304 g/mol. The van der Waals surface area contributed by atoms with Crippen molar-refractivity contribution in [2.75, 3.05) is 18.1 Å². The Morgan fingerprint density at radius 3 is 3.10 bits per heavy atom. The molecule has 4 heteroatoms. The van der Waals surface area contributed by atoms with Crippen molar-refractivity contribution in [1.29, 1.82) is 0 Å². The number of aryl methyl sites for hydroxylation is 1. The van der Waals surface area contributed by atoms with E-state index in [4.69, 9.17) is 0 Å². The monoisotopic (exact) mass is 304 g/mol. The van der Waals surface area contributed by atoms with Gasteiger partial charge in [-0.15, -0.1) is 0 Å². The Morgan fingerprint density at radius 2 is 2.24 bits per heavy atom. The predicted molar refractivity (Wildman–Crippen MR) is 90.3 cm³/mol. The summed E-state index contributed by atoms with van der Waals surface area (Å²) >= 11 is 1.93. The highest BCUT2D eigenvalue weighted by Crippen LogP contribution is 2.27. The van der Waals surface area contributed by atoms with E-state index in [9.17, 15) is 4.79 Å². The Kier molecular flexibility index (Phi) is 4.73. The number of carbonyl (C=O) groups excluding carboxylic acids is 1. The molecule has 1 aromatic rings. The Hall–Kier alpha value is -1.16. The van der Waals surface area contributed by atoms with Crippen LogP contribution in [-0.4, -0.2) is 30.0 Å². The van der Waals surface area contributed by atoms with Gasteiger partial charge in [-0.3, -0.25) is 4.79 Å². The van der Waals surface area contributed by atoms with E-state index >= 15 is 0 Å². The first-order chi connectivity index (χ1) is 10.3. The first-order valence-corrected chi connectivity index (χ1v) is 9.25. The second kappa shape index (κ2) is 6.73. The topological polar surface area (TPSA) is 41.1 Å². The van der Waals surface area contributed by atoms with E-state index in [-0.39, 0.29) is 5.91 Å². The van der Waals surface area contributed by atoms with Gasteiger partial charge in [-0.25, -0.2) is 0 Å². The van der Waals surface area contributed by atoms with Gasteiger partial charge in [0.1, 0.15) is 0 Å². The van der Waals surface area contributed by atoms with E-state index in [2.05, 4.69) is 29.0 Å². The number of amides is 1. The van der Waals surface area contributed by atoms with Crippen LogP contribution in [-0.2, 0) is 6.42 Å². The molecule has 1 aliphatic heterocycles. The van der Waals surface area contributed by atoms with Crippen molar-refractivity contribution >= 4 is 23.4 Å². The first-order valence-electron chi connectivity index (χ1n) is 7.96.